The molecule has 12 heteroatoms. The molecule has 0 aliphatic heterocycles. The van der Waals surface area contributed by atoms with Gasteiger partial charge in [0.2, 0.25) is 0 Å². The van der Waals surface area contributed by atoms with Crippen molar-refractivity contribution < 1.29 is 22.8 Å². The highest BCUT2D eigenvalue weighted by Gasteiger charge is 2.37. The quantitative estimate of drug-likeness (QED) is 0.374. The number of aromatic nitrogens is 3. The highest BCUT2D eigenvalue weighted by Crippen LogP contribution is 2.33. The van der Waals surface area contributed by atoms with Crippen molar-refractivity contribution in [3.63, 3.8) is 0 Å². The van der Waals surface area contributed by atoms with Gasteiger partial charge in [-0.3, -0.25) is 14.6 Å². The van der Waals surface area contributed by atoms with Gasteiger partial charge in [0, 0.05) is 18.0 Å². The van der Waals surface area contributed by atoms with Crippen molar-refractivity contribution in [1.29, 1.82) is 0 Å². The van der Waals surface area contributed by atoms with E-state index in [2.05, 4.69) is 36.2 Å². The van der Waals surface area contributed by atoms with E-state index in [1.54, 1.807) is 0 Å². The van der Waals surface area contributed by atoms with Gasteiger partial charge in [0.1, 0.15) is 10.3 Å². The Morgan fingerprint density at radius 3 is 2.69 bits per heavy atom. The van der Waals surface area contributed by atoms with Crippen molar-refractivity contribution in [2.75, 3.05) is 11.1 Å². The minimum Gasteiger partial charge on any atom is -0.396 e. The van der Waals surface area contributed by atoms with Crippen LogP contribution in [0.15, 0.2) is 41.4 Å². The molecule has 0 aromatic carbocycles. The molecule has 3 heterocycles. The van der Waals surface area contributed by atoms with Crippen molar-refractivity contribution >= 4 is 50.6 Å². The molecule has 0 saturated carbocycles. The van der Waals surface area contributed by atoms with Crippen molar-refractivity contribution in [2.24, 2.45) is 0 Å². The number of ketones is 1. The van der Waals surface area contributed by atoms with Crippen LogP contribution in [0.5, 0.6) is 0 Å². The van der Waals surface area contributed by atoms with Crippen LogP contribution in [0.3, 0.4) is 0 Å². The normalized spacial score (nSPS) is 11.3. The molecule has 0 atom stereocenters. The molecule has 0 radical (unpaired) electrons. The van der Waals surface area contributed by atoms with Gasteiger partial charge in [-0.2, -0.15) is 13.2 Å². The third-order valence-corrected chi connectivity index (χ3v) is 4.99. The number of nitrogens with zero attached hydrogens (tertiary/aromatic N) is 2. The number of hydrogen-bond donors (Lipinski definition) is 3. The van der Waals surface area contributed by atoms with Gasteiger partial charge in [-0.25, -0.2) is 4.98 Å². The zero-order chi connectivity index (χ0) is 21.3. The molecule has 3 rings (SSSR count). The number of nitrogen functional groups attached to an aromatic ring is 1. The van der Waals surface area contributed by atoms with E-state index in [1.165, 1.54) is 12.3 Å². The fraction of sp³-hybridized carbons (Fsp3) is 0.0588. The molecule has 0 saturated heterocycles. The Balaban J connectivity index is 1.86. The second-order valence-electron chi connectivity index (χ2n) is 5.67. The predicted molar refractivity (Wildman–Crippen MR) is 103 cm³/mol. The molecule has 0 unspecified atom stereocenters. The summed E-state index contributed by atoms with van der Waals surface area (Å²) < 4.78 is 39.5. The van der Waals surface area contributed by atoms with Crippen LogP contribution in [0.4, 0.5) is 24.5 Å². The number of H-pyrrole nitrogens is 1. The third-order valence-electron chi connectivity index (χ3n) is 3.77. The van der Waals surface area contributed by atoms with Gasteiger partial charge in [-0.15, -0.1) is 0 Å². The van der Waals surface area contributed by atoms with E-state index in [4.69, 9.17) is 17.3 Å². The van der Waals surface area contributed by atoms with Gasteiger partial charge in [0.15, 0.2) is 11.5 Å². The molecule has 0 fully saturated rings. The molecule has 7 nitrogen and oxygen atoms in total. The minimum atomic E-state index is -4.80. The number of carbonyl (C=O) groups is 2. The van der Waals surface area contributed by atoms with E-state index in [1.807, 2.05) is 0 Å². The Kier molecular flexibility index (Phi) is 5.62. The summed E-state index contributed by atoms with van der Waals surface area (Å²) in [4.78, 5) is 34.6. The molecule has 0 aliphatic carbocycles. The number of anilines is 2. The van der Waals surface area contributed by atoms with E-state index >= 15 is 0 Å². The fourth-order valence-corrected chi connectivity index (χ4v) is 2.86. The summed E-state index contributed by atoms with van der Waals surface area (Å²) in [7, 11) is 0. The third kappa shape index (κ3) is 4.25. The van der Waals surface area contributed by atoms with E-state index in [0.29, 0.717) is 4.60 Å². The van der Waals surface area contributed by atoms with Gasteiger partial charge >= 0.3 is 6.18 Å². The first-order valence-corrected chi connectivity index (χ1v) is 8.93. The van der Waals surface area contributed by atoms with Crippen molar-refractivity contribution in [3.8, 4) is 0 Å². The summed E-state index contributed by atoms with van der Waals surface area (Å²) in [6.45, 7) is 0. The number of hydrogen-bond acceptors (Lipinski definition) is 5. The molecule has 150 valence electrons. The molecule has 29 heavy (non-hydrogen) atoms. The Bertz CT molecular complexity index is 1120. The molecule has 3 aromatic heterocycles. The van der Waals surface area contributed by atoms with Crippen LogP contribution >= 0.6 is 27.5 Å². The number of nitrogens with one attached hydrogen (secondary N) is 2. The lowest BCUT2D eigenvalue weighted by molar-refractivity contribution is -0.141. The van der Waals surface area contributed by atoms with Crippen molar-refractivity contribution in [1.82, 2.24) is 15.0 Å². The summed E-state index contributed by atoms with van der Waals surface area (Å²) >= 11 is 9.03. The monoisotopic (exact) mass is 487 g/mol. The lowest BCUT2D eigenvalue weighted by Crippen LogP contribution is -2.16. The van der Waals surface area contributed by atoms with E-state index in [-0.39, 0.29) is 27.7 Å². The van der Waals surface area contributed by atoms with Gasteiger partial charge in [-0.1, -0.05) is 11.6 Å². The fourth-order valence-electron chi connectivity index (χ4n) is 2.39. The number of halogens is 5. The first kappa shape index (κ1) is 20.8. The molecule has 0 aliphatic rings. The van der Waals surface area contributed by atoms with Gasteiger partial charge < -0.3 is 16.0 Å². The zero-order valence-corrected chi connectivity index (χ0v) is 16.5. The second-order valence-corrected chi connectivity index (χ2v) is 6.80. The second kappa shape index (κ2) is 7.84. The molecular weight excluding hydrogens is 479 g/mol. The number of amides is 1. The average molecular weight is 489 g/mol. The Labute approximate surface area is 174 Å². The summed E-state index contributed by atoms with van der Waals surface area (Å²) in [5.41, 5.74) is 3.83. The zero-order valence-electron chi connectivity index (χ0n) is 14.1. The number of nitrogens with two attached hydrogens (primary N) is 1. The average Bonchev–Trinajstić information content (AvgIpc) is 3.17. The molecule has 3 aromatic rings. The van der Waals surface area contributed by atoms with Crippen LogP contribution < -0.4 is 11.1 Å². The van der Waals surface area contributed by atoms with Crippen molar-refractivity contribution in [3.05, 3.63) is 68.9 Å². The maximum absolute atomic E-state index is 13.1. The first-order valence-electron chi connectivity index (χ1n) is 7.75. The summed E-state index contributed by atoms with van der Waals surface area (Å²) in [6, 6.07) is 3.35. The number of aromatic amines is 1. The van der Waals surface area contributed by atoms with Crippen LogP contribution in [0.1, 0.15) is 32.1 Å². The standard InChI is InChI=1S/C17H10BrClF3N5O2/c18-15-11(19)12(23)10(6-26-15)27-16(29)9-4-7(5-25-9)13(28)8-2-1-3-24-14(8)17(20,21)22/h1-6,25H,(H2,23,26)(H,27,29). The van der Waals surface area contributed by atoms with Crippen LogP contribution in [0, 0.1) is 0 Å². The predicted octanol–water partition coefficient (Wildman–Crippen LogP) is 4.30. The van der Waals surface area contributed by atoms with E-state index < -0.39 is 29.1 Å². The lowest BCUT2D eigenvalue weighted by atomic mass is 10.0. The van der Waals surface area contributed by atoms with Gasteiger partial charge in [-0.05, 0) is 34.1 Å². The van der Waals surface area contributed by atoms with Crippen LogP contribution in [-0.2, 0) is 6.18 Å². The summed E-state index contributed by atoms with van der Waals surface area (Å²) in [5.74, 6) is -1.63. The number of carbonyl (C=O) groups excluding carboxylic acids is 2. The Morgan fingerprint density at radius 2 is 2.00 bits per heavy atom. The number of pyridine rings is 2. The maximum Gasteiger partial charge on any atom is 0.434 e. The molecule has 0 bridgehead atoms. The molecule has 4 N–H and O–H groups in total. The Hall–Kier alpha value is -2.92. The number of alkyl halides is 3. The molecular formula is C17H10BrClF3N5O2. The Morgan fingerprint density at radius 1 is 1.28 bits per heavy atom. The van der Waals surface area contributed by atoms with Crippen LogP contribution in [-0.4, -0.2) is 26.6 Å². The van der Waals surface area contributed by atoms with E-state index in [9.17, 15) is 22.8 Å². The largest absolute Gasteiger partial charge is 0.434 e. The number of rotatable bonds is 4. The van der Waals surface area contributed by atoms with Gasteiger partial charge in [0.05, 0.1) is 28.2 Å². The minimum absolute atomic E-state index is 0.0647. The van der Waals surface area contributed by atoms with Crippen LogP contribution in [0.25, 0.3) is 0 Å². The molecule has 0 spiro atoms. The van der Waals surface area contributed by atoms with Gasteiger partial charge in [0.25, 0.3) is 5.91 Å². The molecule has 1 amide bonds. The lowest BCUT2D eigenvalue weighted by Gasteiger charge is -2.09. The first-order chi connectivity index (χ1) is 13.6. The summed E-state index contributed by atoms with van der Waals surface area (Å²) in [5, 5.41) is 2.55. The topological polar surface area (TPSA) is 114 Å². The smallest absolute Gasteiger partial charge is 0.396 e. The maximum atomic E-state index is 13.1. The van der Waals surface area contributed by atoms with Crippen molar-refractivity contribution in [2.45, 2.75) is 6.18 Å². The summed E-state index contributed by atoms with van der Waals surface area (Å²) in [6.07, 6.45) is -1.46. The SMILES string of the molecule is Nc1c(NC(=O)c2cc(C(=O)c3cccnc3C(F)(F)F)c[nH]2)cnc(Br)c1Cl. The van der Waals surface area contributed by atoms with Crippen LogP contribution in [0.2, 0.25) is 5.02 Å². The highest BCUT2D eigenvalue weighted by atomic mass is 79.9. The highest BCUT2D eigenvalue weighted by molar-refractivity contribution is 9.10. The van der Waals surface area contributed by atoms with E-state index in [0.717, 1.165) is 24.5 Å².